The Kier molecular flexibility index (Phi) is 5.91. The molecule has 3 rings (SSSR count). The van der Waals surface area contributed by atoms with Gasteiger partial charge in [-0.3, -0.25) is 4.79 Å². The average molecular weight is 353 g/mol. The molecule has 0 aliphatic rings. The highest BCUT2D eigenvalue weighted by atomic mass is 35.5. The van der Waals surface area contributed by atoms with E-state index in [1.807, 2.05) is 41.3 Å². The lowest BCUT2D eigenvalue weighted by Crippen LogP contribution is -2.35. The van der Waals surface area contributed by atoms with Crippen LogP contribution in [0, 0.1) is 0 Å². The summed E-state index contributed by atoms with van der Waals surface area (Å²) >= 11 is 5.95. The van der Waals surface area contributed by atoms with Gasteiger partial charge in [-0.2, -0.15) is 0 Å². The molecule has 3 aromatic rings. The van der Waals surface area contributed by atoms with Crippen LogP contribution >= 0.6 is 11.6 Å². The van der Waals surface area contributed by atoms with Gasteiger partial charge >= 0.3 is 0 Å². The van der Waals surface area contributed by atoms with Crippen LogP contribution in [-0.4, -0.2) is 28.9 Å². The summed E-state index contributed by atoms with van der Waals surface area (Å²) in [6, 6.07) is 22.1. The van der Waals surface area contributed by atoms with Gasteiger partial charge in [0, 0.05) is 19.3 Å². The van der Waals surface area contributed by atoms with Crippen LogP contribution < -0.4 is 0 Å². The quantitative estimate of drug-likeness (QED) is 0.663. The maximum absolute atomic E-state index is 12.8. The SMILES string of the molecule is O=C(c1cc(Cl)c[nH]1)N(CCc1ccccc1)CCc1ccccc1. The first kappa shape index (κ1) is 17.3. The number of carbonyl (C=O) groups excluding carboxylic acids is 1. The topological polar surface area (TPSA) is 36.1 Å². The fraction of sp³-hybridized carbons (Fsp3) is 0.190. The van der Waals surface area contributed by atoms with E-state index in [4.69, 9.17) is 11.6 Å². The lowest BCUT2D eigenvalue weighted by atomic mass is 10.1. The molecule has 1 heterocycles. The Morgan fingerprint density at radius 2 is 1.40 bits per heavy atom. The summed E-state index contributed by atoms with van der Waals surface area (Å²) in [4.78, 5) is 17.7. The molecule has 0 atom stereocenters. The fourth-order valence-electron chi connectivity index (χ4n) is 2.79. The third-order valence-electron chi connectivity index (χ3n) is 4.19. The number of aromatic amines is 1. The number of benzene rings is 2. The standard InChI is InChI=1S/C21H21ClN2O/c22-19-15-20(23-16-19)21(25)24(13-11-17-7-3-1-4-8-17)14-12-18-9-5-2-6-10-18/h1-10,15-16,23H,11-14H2. The molecule has 2 aromatic carbocycles. The zero-order chi connectivity index (χ0) is 17.5. The number of halogens is 1. The Morgan fingerprint density at radius 1 is 0.880 bits per heavy atom. The van der Waals surface area contributed by atoms with Gasteiger partial charge in [-0.05, 0) is 30.0 Å². The van der Waals surface area contributed by atoms with E-state index < -0.39 is 0 Å². The van der Waals surface area contributed by atoms with E-state index in [0.29, 0.717) is 23.8 Å². The Balaban J connectivity index is 1.69. The van der Waals surface area contributed by atoms with Crippen LogP contribution in [0.5, 0.6) is 0 Å². The lowest BCUT2D eigenvalue weighted by Gasteiger charge is -2.22. The second kappa shape index (κ2) is 8.54. The molecular weight excluding hydrogens is 332 g/mol. The minimum atomic E-state index is -0.0150. The predicted octanol–water partition coefficient (Wildman–Crippen LogP) is 4.60. The zero-order valence-electron chi connectivity index (χ0n) is 14.0. The minimum Gasteiger partial charge on any atom is -0.356 e. The van der Waals surface area contributed by atoms with Gasteiger partial charge in [0.2, 0.25) is 0 Å². The van der Waals surface area contributed by atoms with Gasteiger partial charge in [-0.1, -0.05) is 72.3 Å². The van der Waals surface area contributed by atoms with Crippen molar-refractivity contribution in [2.75, 3.05) is 13.1 Å². The van der Waals surface area contributed by atoms with Crippen molar-refractivity contribution in [1.82, 2.24) is 9.88 Å². The van der Waals surface area contributed by atoms with Gasteiger partial charge in [0.05, 0.1) is 5.02 Å². The molecule has 3 nitrogen and oxygen atoms in total. The summed E-state index contributed by atoms with van der Waals surface area (Å²) in [6.45, 7) is 1.35. The first-order valence-electron chi connectivity index (χ1n) is 8.43. The number of hydrogen-bond donors (Lipinski definition) is 1. The van der Waals surface area contributed by atoms with Gasteiger partial charge in [0.1, 0.15) is 5.69 Å². The molecule has 1 amide bonds. The molecule has 4 heteroatoms. The maximum atomic E-state index is 12.8. The summed E-state index contributed by atoms with van der Waals surface area (Å²) in [5.74, 6) is -0.0150. The number of H-pyrrole nitrogens is 1. The normalized spacial score (nSPS) is 10.6. The highest BCUT2D eigenvalue weighted by Gasteiger charge is 2.17. The minimum absolute atomic E-state index is 0.0150. The predicted molar refractivity (Wildman–Crippen MR) is 102 cm³/mol. The van der Waals surface area contributed by atoms with E-state index in [-0.39, 0.29) is 5.91 Å². The van der Waals surface area contributed by atoms with E-state index in [1.54, 1.807) is 12.3 Å². The third-order valence-corrected chi connectivity index (χ3v) is 4.41. The van der Waals surface area contributed by atoms with Crippen LogP contribution in [0.4, 0.5) is 0 Å². The Bertz CT molecular complexity index is 756. The number of carbonyl (C=O) groups is 1. The molecule has 0 spiro atoms. The summed E-state index contributed by atoms with van der Waals surface area (Å²) in [7, 11) is 0. The molecule has 0 saturated carbocycles. The zero-order valence-corrected chi connectivity index (χ0v) is 14.7. The highest BCUT2D eigenvalue weighted by molar-refractivity contribution is 6.30. The third kappa shape index (κ3) is 4.97. The van der Waals surface area contributed by atoms with Crippen LogP contribution in [0.25, 0.3) is 0 Å². The number of amides is 1. The number of rotatable bonds is 7. The van der Waals surface area contributed by atoms with Crippen LogP contribution in [0.1, 0.15) is 21.6 Å². The molecule has 128 valence electrons. The number of aromatic nitrogens is 1. The van der Waals surface area contributed by atoms with E-state index >= 15 is 0 Å². The van der Waals surface area contributed by atoms with Crippen molar-refractivity contribution >= 4 is 17.5 Å². The fourth-order valence-corrected chi connectivity index (χ4v) is 2.96. The highest BCUT2D eigenvalue weighted by Crippen LogP contribution is 2.13. The van der Waals surface area contributed by atoms with E-state index in [9.17, 15) is 4.79 Å². The van der Waals surface area contributed by atoms with Gasteiger partial charge in [-0.25, -0.2) is 0 Å². The monoisotopic (exact) mass is 352 g/mol. The second-order valence-electron chi connectivity index (χ2n) is 5.99. The van der Waals surface area contributed by atoms with Gasteiger partial charge in [0.15, 0.2) is 0 Å². The van der Waals surface area contributed by atoms with E-state index in [1.165, 1.54) is 11.1 Å². The van der Waals surface area contributed by atoms with Crippen molar-refractivity contribution in [3.63, 3.8) is 0 Å². The largest absolute Gasteiger partial charge is 0.356 e. The number of nitrogens with zero attached hydrogens (tertiary/aromatic N) is 1. The molecule has 25 heavy (non-hydrogen) atoms. The van der Waals surface area contributed by atoms with Crippen molar-refractivity contribution in [3.8, 4) is 0 Å². The van der Waals surface area contributed by atoms with E-state index in [2.05, 4.69) is 29.2 Å². The molecule has 0 unspecified atom stereocenters. The molecule has 0 aliphatic heterocycles. The summed E-state index contributed by atoms with van der Waals surface area (Å²) in [6.07, 6.45) is 3.30. The Hall–Kier alpha value is -2.52. The second-order valence-corrected chi connectivity index (χ2v) is 6.43. The molecule has 0 fully saturated rings. The van der Waals surface area contributed by atoms with Crippen LogP contribution in [0.2, 0.25) is 5.02 Å². The van der Waals surface area contributed by atoms with Gasteiger partial charge in [0.25, 0.3) is 5.91 Å². The Labute approximate surface area is 153 Å². The lowest BCUT2D eigenvalue weighted by molar-refractivity contribution is 0.0754. The molecule has 1 N–H and O–H groups in total. The summed E-state index contributed by atoms with van der Waals surface area (Å²) in [5, 5.41) is 0.550. The van der Waals surface area contributed by atoms with Crippen molar-refractivity contribution in [2.45, 2.75) is 12.8 Å². The Morgan fingerprint density at radius 3 is 1.84 bits per heavy atom. The van der Waals surface area contributed by atoms with Crippen LogP contribution in [0.3, 0.4) is 0 Å². The van der Waals surface area contributed by atoms with Crippen molar-refractivity contribution in [1.29, 1.82) is 0 Å². The van der Waals surface area contributed by atoms with Gasteiger partial charge < -0.3 is 9.88 Å². The first-order valence-corrected chi connectivity index (χ1v) is 8.81. The van der Waals surface area contributed by atoms with Crippen molar-refractivity contribution in [2.24, 2.45) is 0 Å². The number of hydrogen-bond acceptors (Lipinski definition) is 1. The summed E-state index contributed by atoms with van der Waals surface area (Å²) < 4.78 is 0. The van der Waals surface area contributed by atoms with Crippen molar-refractivity contribution < 1.29 is 4.79 Å². The van der Waals surface area contributed by atoms with E-state index in [0.717, 1.165) is 12.8 Å². The maximum Gasteiger partial charge on any atom is 0.270 e. The summed E-state index contributed by atoms with van der Waals surface area (Å²) in [5.41, 5.74) is 2.99. The van der Waals surface area contributed by atoms with Crippen LogP contribution in [0.15, 0.2) is 72.9 Å². The molecule has 0 saturated heterocycles. The molecule has 0 aliphatic carbocycles. The van der Waals surface area contributed by atoms with Crippen LogP contribution in [-0.2, 0) is 12.8 Å². The average Bonchev–Trinajstić information content (AvgIpc) is 3.09. The number of nitrogens with one attached hydrogen (secondary N) is 1. The molecular formula is C21H21ClN2O. The smallest absolute Gasteiger partial charge is 0.270 e. The molecule has 0 radical (unpaired) electrons. The van der Waals surface area contributed by atoms with Crippen molar-refractivity contribution in [3.05, 3.63) is 94.8 Å². The molecule has 1 aromatic heterocycles. The first-order chi connectivity index (χ1) is 12.2. The molecule has 0 bridgehead atoms. The van der Waals surface area contributed by atoms with Gasteiger partial charge in [-0.15, -0.1) is 0 Å².